The summed E-state index contributed by atoms with van der Waals surface area (Å²) in [4.78, 5) is 57.7. The average molecular weight is 522 g/mol. The molecule has 9 nitrogen and oxygen atoms in total. The van der Waals surface area contributed by atoms with Crippen molar-refractivity contribution in [3.05, 3.63) is 68.8 Å². The number of benzene rings is 2. The van der Waals surface area contributed by atoms with Crippen LogP contribution in [0.25, 0.3) is 21.8 Å². The van der Waals surface area contributed by atoms with E-state index in [0.717, 1.165) is 20.9 Å². The van der Waals surface area contributed by atoms with E-state index in [9.17, 15) is 19.2 Å². The van der Waals surface area contributed by atoms with E-state index >= 15 is 0 Å². The van der Waals surface area contributed by atoms with Gasteiger partial charge in [0.25, 0.3) is 5.56 Å². The van der Waals surface area contributed by atoms with Crippen LogP contribution in [0.2, 0.25) is 0 Å². The molecule has 3 amide bonds. The molecule has 1 unspecified atom stereocenters. The summed E-state index contributed by atoms with van der Waals surface area (Å²) in [6.45, 7) is 1.63. The number of amides is 3. The van der Waals surface area contributed by atoms with Crippen LogP contribution in [-0.4, -0.2) is 32.3 Å². The van der Waals surface area contributed by atoms with Gasteiger partial charge in [-0.05, 0) is 53.0 Å². The first-order chi connectivity index (χ1) is 16.3. The van der Waals surface area contributed by atoms with Crippen molar-refractivity contribution in [1.29, 1.82) is 0 Å². The molecule has 1 aliphatic rings. The first kappa shape index (κ1) is 22.0. The van der Waals surface area contributed by atoms with Crippen LogP contribution in [0.5, 0.6) is 0 Å². The van der Waals surface area contributed by atoms with Crippen LogP contribution >= 0.6 is 15.9 Å². The van der Waals surface area contributed by atoms with Crippen LogP contribution in [0.15, 0.2) is 51.9 Å². The van der Waals surface area contributed by atoms with Gasteiger partial charge >= 0.3 is 0 Å². The Morgan fingerprint density at radius 3 is 2.74 bits per heavy atom. The SMILES string of the molecule is Cc1nc2c(NC(=O)Cc3c[nH]c4c(Br)cccc34)cccc2c(=O)n1C1CCC(=O)NC1=O. The molecular formula is C24H20BrN5O4. The van der Waals surface area contributed by atoms with Gasteiger partial charge < -0.3 is 10.3 Å². The molecule has 34 heavy (non-hydrogen) atoms. The zero-order chi connectivity index (χ0) is 24.0. The first-order valence-electron chi connectivity index (χ1n) is 10.7. The van der Waals surface area contributed by atoms with Crippen LogP contribution in [0.1, 0.15) is 30.3 Å². The number of aryl methyl sites for hydroxylation is 1. The molecule has 0 saturated carbocycles. The fourth-order valence-electron chi connectivity index (χ4n) is 4.41. The predicted octanol–water partition coefficient (Wildman–Crippen LogP) is 3.11. The molecule has 1 atom stereocenters. The molecule has 0 radical (unpaired) electrons. The first-order valence-corrected chi connectivity index (χ1v) is 11.5. The highest BCUT2D eigenvalue weighted by Gasteiger charge is 2.30. The van der Waals surface area contributed by atoms with Crippen LogP contribution in [0.3, 0.4) is 0 Å². The van der Waals surface area contributed by atoms with Gasteiger partial charge in [0.2, 0.25) is 17.7 Å². The van der Waals surface area contributed by atoms with E-state index in [0.29, 0.717) is 17.0 Å². The smallest absolute Gasteiger partial charge is 0.262 e. The summed E-state index contributed by atoms with van der Waals surface area (Å²) in [5.74, 6) is -0.789. The monoisotopic (exact) mass is 521 g/mol. The molecule has 0 spiro atoms. The molecule has 1 aliphatic heterocycles. The molecule has 3 heterocycles. The van der Waals surface area contributed by atoms with Gasteiger partial charge in [0.05, 0.1) is 23.0 Å². The molecule has 1 saturated heterocycles. The third kappa shape index (κ3) is 3.79. The van der Waals surface area contributed by atoms with Crippen LogP contribution in [-0.2, 0) is 20.8 Å². The third-order valence-electron chi connectivity index (χ3n) is 6.00. The molecule has 1 fully saturated rings. The van der Waals surface area contributed by atoms with Gasteiger partial charge in [-0.25, -0.2) is 4.98 Å². The minimum atomic E-state index is -0.804. The number of aromatic amines is 1. The second kappa shape index (κ2) is 8.53. The van der Waals surface area contributed by atoms with E-state index in [1.807, 2.05) is 18.2 Å². The number of nitrogens with one attached hydrogen (secondary N) is 3. The summed E-state index contributed by atoms with van der Waals surface area (Å²) in [6.07, 6.45) is 2.33. The molecule has 3 N–H and O–H groups in total. The lowest BCUT2D eigenvalue weighted by molar-refractivity contribution is -0.135. The molecule has 4 aromatic rings. The number of fused-ring (bicyclic) bond motifs is 2. The highest BCUT2D eigenvalue weighted by atomic mass is 79.9. The maximum atomic E-state index is 13.3. The number of H-pyrrole nitrogens is 1. The van der Waals surface area contributed by atoms with Gasteiger partial charge in [-0.1, -0.05) is 18.2 Å². The number of nitrogens with zero attached hydrogens (tertiary/aromatic N) is 2. The van der Waals surface area contributed by atoms with Crippen molar-refractivity contribution in [2.24, 2.45) is 0 Å². The zero-order valence-electron chi connectivity index (χ0n) is 18.1. The maximum Gasteiger partial charge on any atom is 0.262 e. The van der Waals surface area contributed by atoms with Gasteiger partial charge in [-0.2, -0.15) is 0 Å². The Labute approximate surface area is 201 Å². The number of halogens is 1. The van der Waals surface area contributed by atoms with Crippen LogP contribution in [0, 0.1) is 6.92 Å². The Morgan fingerprint density at radius 2 is 1.94 bits per heavy atom. The number of imide groups is 1. The highest BCUT2D eigenvalue weighted by Crippen LogP contribution is 2.27. The molecule has 5 rings (SSSR count). The molecule has 2 aromatic heterocycles. The average Bonchev–Trinajstić information content (AvgIpc) is 3.20. The topological polar surface area (TPSA) is 126 Å². The number of aromatic nitrogens is 3. The second-order valence-corrected chi connectivity index (χ2v) is 9.06. The third-order valence-corrected chi connectivity index (χ3v) is 6.67. The quantitative estimate of drug-likeness (QED) is 0.355. The van der Waals surface area contributed by atoms with Crippen molar-refractivity contribution in [3.63, 3.8) is 0 Å². The summed E-state index contributed by atoms with van der Waals surface area (Å²) in [7, 11) is 0. The molecule has 10 heteroatoms. The van der Waals surface area contributed by atoms with E-state index in [4.69, 9.17) is 0 Å². The molecule has 172 valence electrons. The van der Waals surface area contributed by atoms with E-state index in [2.05, 4.69) is 36.5 Å². The number of carbonyl (C=O) groups excluding carboxylic acids is 3. The van der Waals surface area contributed by atoms with Gasteiger partial charge in [0, 0.05) is 22.5 Å². The lowest BCUT2D eigenvalue weighted by Crippen LogP contribution is -2.45. The lowest BCUT2D eigenvalue weighted by atomic mass is 10.1. The Morgan fingerprint density at radius 1 is 1.18 bits per heavy atom. The van der Waals surface area contributed by atoms with Crippen molar-refractivity contribution in [1.82, 2.24) is 19.9 Å². The van der Waals surface area contributed by atoms with Gasteiger partial charge in [0.1, 0.15) is 17.4 Å². The molecule has 2 aromatic carbocycles. The number of para-hydroxylation sites is 2. The predicted molar refractivity (Wildman–Crippen MR) is 130 cm³/mol. The Balaban J connectivity index is 1.47. The van der Waals surface area contributed by atoms with E-state index < -0.39 is 17.5 Å². The van der Waals surface area contributed by atoms with E-state index in [-0.39, 0.29) is 36.5 Å². The van der Waals surface area contributed by atoms with Crippen molar-refractivity contribution >= 4 is 61.1 Å². The molecular weight excluding hydrogens is 502 g/mol. The van der Waals surface area contributed by atoms with Gasteiger partial charge in [0.15, 0.2) is 0 Å². The summed E-state index contributed by atoms with van der Waals surface area (Å²) in [5.41, 5.74) is 2.14. The fraction of sp³-hybridized carbons (Fsp3) is 0.208. The molecule has 0 aliphatic carbocycles. The maximum absolute atomic E-state index is 13.3. The van der Waals surface area contributed by atoms with E-state index in [1.54, 1.807) is 31.3 Å². The number of rotatable bonds is 4. The highest BCUT2D eigenvalue weighted by molar-refractivity contribution is 9.10. The van der Waals surface area contributed by atoms with Gasteiger partial charge in [-0.3, -0.25) is 29.1 Å². The van der Waals surface area contributed by atoms with Crippen LogP contribution in [0.4, 0.5) is 5.69 Å². The second-order valence-electron chi connectivity index (χ2n) is 8.20. The van der Waals surface area contributed by atoms with Crippen molar-refractivity contribution in [2.75, 3.05) is 5.32 Å². The Kier molecular flexibility index (Phi) is 5.52. The molecule has 0 bridgehead atoms. The Hall–Kier alpha value is -3.79. The lowest BCUT2D eigenvalue weighted by Gasteiger charge is -2.24. The Bertz CT molecular complexity index is 1550. The largest absolute Gasteiger partial charge is 0.360 e. The van der Waals surface area contributed by atoms with E-state index in [1.165, 1.54) is 4.57 Å². The summed E-state index contributed by atoms with van der Waals surface area (Å²) in [6, 6.07) is 9.93. The van der Waals surface area contributed by atoms with Crippen molar-refractivity contribution in [3.8, 4) is 0 Å². The fourth-order valence-corrected chi connectivity index (χ4v) is 4.90. The summed E-state index contributed by atoms with van der Waals surface area (Å²) in [5, 5.41) is 6.38. The van der Waals surface area contributed by atoms with Crippen LogP contribution < -0.4 is 16.2 Å². The minimum absolute atomic E-state index is 0.138. The normalized spacial score (nSPS) is 16.1. The zero-order valence-corrected chi connectivity index (χ0v) is 19.7. The minimum Gasteiger partial charge on any atom is -0.360 e. The number of hydrogen-bond acceptors (Lipinski definition) is 5. The summed E-state index contributed by atoms with van der Waals surface area (Å²) < 4.78 is 2.23. The number of carbonyl (C=O) groups is 3. The van der Waals surface area contributed by atoms with Crippen molar-refractivity contribution < 1.29 is 14.4 Å². The number of hydrogen-bond donors (Lipinski definition) is 3. The number of piperidine rings is 1. The van der Waals surface area contributed by atoms with Gasteiger partial charge in [-0.15, -0.1) is 0 Å². The summed E-state index contributed by atoms with van der Waals surface area (Å²) >= 11 is 3.50. The number of anilines is 1. The van der Waals surface area contributed by atoms with Crippen molar-refractivity contribution in [2.45, 2.75) is 32.2 Å². The standard InChI is InChI=1S/C24H20BrN5O4/c1-12-27-22-15(24(34)30(12)18-8-9-19(31)29-23(18)33)5-3-7-17(22)28-20(32)10-13-11-26-21-14(13)4-2-6-16(21)25/h2-7,11,18,26H,8-10H2,1H3,(H,28,32)(H,29,31,33).